The van der Waals surface area contributed by atoms with Crippen LogP contribution in [0.5, 0.6) is 0 Å². The maximum atomic E-state index is 5.33. The first-order valence-corrected chi connectivity index (χ1v) is 7.44. The quantitative estimate of drug-likeness (QED) is 0.779. The van der Waals surface area contributed by atoms with Crippen LogP contribution in [-0.4, -0.2) is 47.8 Å². The summed E-state index contributed by atoms with van der Waals surface area (Å²) in [5.41, 5.74) is 1.09. The molecule has 0 bridgehead atoms. The third-order valence-corrected chi connectivity index (χ3v) is 4.62. The van der Waals surface area contributed by atoms with Crippen molar-refractivity contribution >= 4 is 34.0 Å². The number of hydrogen-bond donors (Lipinski definition) is 0. The molecular formula is C11H13N3OS2. The topological polar surface area (TPSA) is 37.2 Å². The van der Waals surface area contributed by atoms with E-state index < -0.39 is 0 Å². The van der Waals surface area contributed by atoms with Crippen molar-refractivity contribution < 1.29 is 4.74 Å². The Kier molecular flexibility index (Phi) is 3.44. The minimum Gasteiger partial charge on any atom is -0.378 e. The normalized spacial score (nSPS) is 21.1. The van der Waals surface area contributed by atoms with Gasteiger partial charge < -0.3 is 9.64 Å². The SMILES string of the molecule is c1csc(C2=NN=C(N3CCOCC3)SC2)c1. The van der Waals surface area contributed by atoms with Crippen LogP contribution in [0.2, 0.25) is 0 Å². The molecule has 2 aliphatic heterocycles. The minimum atomic E-state index is 0.793. The summed E-state index contributed by atoms with van der Waals surface area (Å²) in [5, 5.41) is 11.8. The monoisotopic (exact) mass is 267 g/mol. The molecule has 6 heteroatoms. The van der Waals surface area contributed by atoms with Gasteiger partial charge in [-0.15, -0.1) is 16.4 Å². The summed E-state index contributed by atoms with van der Waals surface area (Å²) >= 11 is 3.49. The summed E-state index contributed by atoms with van der Waals surface area (Å²) < 4.78 is 5.33. The second-order valence-corrected chi connectivity index (χ2v) is 5.68. The first-order chi connectivity index (χ1) is 8.43. The average Bonchev–Trinajstić information content (AvgIpc) is 2.94. The van der Waals surface area contributed by atoms with E-state index in [1.807, 2.05) is 6.07 Å². The summed E-state index contributed by atoms with van der Waals surface area (Å²) in [4.78, 5) is 3.48. The lowest BCUT2D eigenvalue weighted by Gasteiger charge is -2.29. The number of nitrogens with zero attached hydrogens (tertiary/aromatic N) is 3. The largest absolute Gasteiger partial charge is 0.378 e. The number of hydrogen-bond acceptors (Lipinski definition) is 6. The van der Waals surface area contributed by atoms with Crippen LogP contribution in [0.3, 0.4) is 0 Å². The van der Waals surface area contributed by atoms with Crippen LogP contribution in [0.1, 0.15) is 4.88 Å². The second-order valence-electron chi connectivity index (χ2n) is 3.79. The van der Waals surface area contributed by atoms with Gasteiger partial charge in [-0.25, -0.2) is 0 Å². The maximum absolute atomic E-state index is 5.33. The highest BCUT2D eigenvalue weighted by molar-refractivity contribution is 8.14. The van der Waals surface area contributed by atoms with Crippen molar-refractivity contribution in [2.45, 2.75) is 0 Å². The lowest BCUT2D eigenvalue weighted by atomic mass is 10.3. The zero-order valence-corrected chi connectivity index (χ0v) is 11.0. The zero-order valence-electron chi connectivity index (χ0n) is 9.33. The van der Waals surface area contributed by atoms with E-state index in [0.717, 1.165) is 42.9 Å². The first-order valence-electron chi connectivity index (χ1n) is 5.57. The van der Waals surface area contributed by atoms with Crippen LogP contribution in [0.25, 0.3) is 0 Å². The van der Waals surface area contributed by atoms with E-state index in [0.29, 0.717) is 0 Å². The van der Waals surface area contributed by atoms with Gasteiger partial charge in [-0.1, -0.05) is 17.8 Å². The van der Waals surface area contributed by atoms with Crippen molar-refractivity contribution in [3.63, 3.8) is 0 Å². The summed E-state index contributed by atoms with van der Waals surface area (Å²) in [7, 11) is 0. The molecule has 3 heterocycles. The Morgan fingerprint density at radius 1 is 1.24 bits per heavy atom. The van der Waals surface area contributed by atoms with Crippen molar-refractivity contribution in [2.24, 2.45) is 10.2 Å². The van der Waals surface area contributed by atoms with Crippen molar-refractivity contribution in [2.75, 3.05) is 32.1 Å². The molecule has 3 rings (SSSR count). The molecule has 0 saturated carbocycles. The van der Waals surface area contributed by atoms with Gasteiger partial charge in [-0.05, 0) is 11.4 Å². The van der Waals surface area contributed by atoms with E-state index in [-0.39, 0.29) is 0 Å². The lowest BCUT2D eigenvalue weighted by Crippen LogP contribution is -2.40. The molecule has 0 spiro atoms. The smallest absolute Gasteiger partial charge is 0.186 e. The number of amidine groups is 1. The predicted molar refractivity (Wildman–Crippen MR) is 73.1 cm³/mol. The van der Waals surface area contributed by atoms with E-state index in [4.69, 9.17) is 4.74 Å². The second kappa shape index (κ2) is 5.20. The van der Waals surface area contributed by atoms with Gasteiger partial charge in [0.2, 0.25) is 0 Å². The van der Waals surface area contributed by atoms with Gasteiger partial charge >= 0.3 is 0 Å². The highest BCUT2D eigenvalue weighted by Crippen LogP contribution is 2.21. The fourth-order valence-corrected chi connectivity index (χ4v) is 3.51. The van der Waals surface area contributed by atoms with E-state index in [1.165, 1.54) is 4.88 Å². The van der Waals surface area contributed by atoms with Crippen molar-refractivity contribution in [1.29, 1.82) is 0 Å². The summed E-state index contributed by atoms with van der Waals surface area (Å²) in [5.74, 6) is 0.913. The van der Waals surface area contributed by atoms with Crippen molar-refractivity contribution in [3.05, 3.63) is 22.4 Å². The number of ether oxygens (including phenoxy) is 1. The molecule has 0 aromatic carbocycles. The molecule has 1 saturated heterocycles. The molecule has 1 aromatic rings. The molecule has 0 N–H and O–H groups in total. The molecule has 0 aliphatic carbocycles. The Morgan fingerprint density at radius 2 is 2.12 bits per heavy atom. The summed E-state index contributed by atoms with van der Waals surface area (Å²) in [6, 6.07) is 4.15. The van der Waals surface area contributed by atoms with E-state index in [2.05, 4.69) is 26.5 Å². The summed E-state index contributed by atoms with van der Waals surface area (Å²) in [6.45, 7) is 3.44. The van der Waals surface area contributed by atoms with Crippen LogP contribution < -0.4 is 0 Å². The fraction of sp³-hybridized carbons (Fsp3) is 0.455. The van der Waals surface area contributed by atoms with Gasteiger partial charge in [-0.2, -0.15) is 5.10 Å². The van der Waals surface area contributed by atoms with Gasteiger partial charge in [-0.3, -0.25) is 0 Å². The molecule has 17 heavy (non-hydrogen) atoms. The molecule has 2 aliphatic rings. The predicted octanol–water partition coefficient (Wildman–Crippen LogP) is 1.89. The Labute approximate surface area is 108 Å². The molecule has 0 radical (unpaired) electrons. The van der Waals surface area contributed by atoms with E-state index >= 15 is 0 Å². The summed E-state index contributed by atoms with van der Waals surface area (Å²) in [6.07, 6.45) is 0. The Morgan fingerprint density at radius 3 is 2.76 bits per heavy atom. The van der Waals surface area contributed by atoms with Gasteiger partial charge in [0.05, 0.1) is 23.8 Å². The molecule has 4 nitrogen and oxygen atoms in total. The van der Waals surface area contributed by atoms with Gasteiger partial charge in [0.25, 0.3) is 0 Å². The van der Waals surface area contributed by atoms with Crippen LogP contribution in [0.4, 0.5) is 0 Å². The Balaban J connectivity index is 1.73. The van der Waals surface area contributed by atoms with E-state index in [9.17, 15) is 0 Å². The molecule has 0 unspecified atom stereocenters. The van der Waals surface area contributed by atoms with Gasteiger partial charge in [0, 0.05) is 18.8 Å². The number of thiophene rings is 1. The number of thioether (sulfide) groups is 1. The zero-order chi connectivity index (χ0) is 11.5. The standard InChI is InChI=1S/C11H13N3OS2/c1-2-10(16-7-1)9-8-17-11(13-12-9)14-3-5-15-6-4-14/h1-2,7H,3-6,8H2. The number of morpholine rings is 1. The third-order valence-electron chi connectivity index (χ3n) is 2.68. The molecule has 90 valence electrons. The van der Waals surface area contributed by atoms with Crippen molar-refractivity contribution in [3.8, 4) is 0 Å². The maximum Gasteiger partial charge on any atom is 0.186 e. The van der Waals surface area contributed by atoms with Gasteiger partial charge in [0.1, 0.15) is 0 Å². The van der Waals surface area contributed by atoms with Crippen LogP contribution in [0, 0.1) is 0 Å². The molecule has 1 aromatic heterocycles. The van der Waals surface area contributed by atoms with Crippen molar-refractivity contribution in [1.82, 2.24) is 4.90 Å². The molecule has 0 amide bonds. The molecular weight excluding hydrogens is 254 g/mol. The Bertz CT molecular complexity index is 436. The highest BCUT2D eigenvalue weighted by atomic mass is 32.2. The Hall–Kier alpha value is -0.850. The third kappa shape index (κ3) is 2.53. The fourth-order valence-electron chi connectivity index (χ4n) is 1.77. The first kappa shape index (κ1) is 11.3. The molecule has 0 atom stereocenters. The van der Waals surface area contributed by atoms with Crippen LogP contribution in [-0.2, 0) is 4.74 Å². The van der Waals surface area contributed by atoms with Crippen LogP contribution in [0.15, 0.2) is 27.7 Å². The van der Waals surface area contributed by atoms with Gasteiger partial charge in [0.15, 0.2) is 5.17 Å². The minimum absolute atomic E-state index is 0.793. The number of rotatable bonds is 1. The van der Waals surface area contributed by atoms with Crippen LogP contribution >= 0.6 is 23.1 Å². The lowest BCUT2D eigenvalue weighted by molar-refractivity contribution is 0.0692. The average molecular weight is 267 g/mol. The molecule has 1 fully saturated rings. The highest BCUT2D eigenvalue weighted by Gasteiger charge is 2.20. The van der Waals surface area contributed by atoms with E-state index in [1.54, 1.807) is 23.1 Å².